The number of hydrogen-bond donors (Lipinski definition) is 2. The molecule has 4 heteroatoms. The summed E-state index contributed by atoms with van der Waals surface area (Å²) in [6, 6.07) is 15.8. The topological polar surface area (TPSA) is 46.2 Å². The Labute approximate surface area is 129 Å². The van der Waals surface area contributed by atoms with Crippen molar-refractivity contribution in [3.05, 3.63) is 71.3 Å². The van der Waals surface area contributed by atoms with E-state index in [4.69, 9.17) is 0 Å². The Morgan fingerprint density at radius 3 is 2.05 bits per heavy atom. The van der Waals surface area contributed by atoms with E-state index in [1.54, 1.807) is 36.4 Å². The summed E-state index contributed by atoms with van der Waals surface area (Å²) in [6.07, 6.45) is 0.833. The van der Waals surface area contributed by atoms with Crippen LogP contribution < -0.4 is 5.32 Å². The number of nitrogens with one attached hydrogen (secondary N) is 1. The molecule has 2 rings (SSSR count). The second-order valence-corrected chi connectivity index (χ2v) is 5.05. The van der Waals surface area contributed by atoms with Crippen molar-refractivity contribution in [2.75, 3.05) is 12.3 Å². The van der Waals surface area contributed by atoms with E-state index >= 15 is 0 Å². The van der Waals surface area contributed by atoms with Crippen molar-refractivity contribution in [1.29, 1.82) is 0 Å². The van der Waals surface area contributed by atoms with E-state index in [2.05, 4.69) is 17.9 Å². The fourth-order valence-corrected chi connectivity index (χ4v) is 2.07. The third kappa shape index (κ3) is 4.20. The van der Waals surface area contributed by atoms with Crippen molar-refractivity contribution in [1.82, 2.24) is 5.32 Å². The number of carbonyl (C=O) groups is 2. The van der Waals surface area contributed by atoms with E-state index in [9.17, 15) is 9.59 Å². The van der Waals surface area contributed by atoms with Crippen LogP contribution in [0.4, 0.5) is 0 Å². The highest BCUT2D eigenvalue weighted by molar-refractivity contribution is 7.80. The summed E-state index contributed by atoms with van der Waals surface area (Å²) in [5, 5.41) is 2.81. The number of rotatable bonds is 6. The van der Waals surface area contributed by atoms with Crippen molar-refractivity contribution < 1.29 is 9.59 Å². The van der Waals surface area contributed by atoms with Crippen LogP contribution in [0.2, 0.25) is 0 Å². The van der Waals surface area contributed by atoms with E-state index < -0.39 is 0 Å². The summed E-state index contributed by atoms with van der Waals surface area (Å²) in [5.74, 6) is 0.568. The van der Waals surface area contributed by atoms with Crippen molar-refractivity contribution in [3.63, 3.8) is 0 Å². The standard InChI is InChI=1S/C17H17NO2S/c19-16(13-5-2-1-3-6-13)14-7-9-15(10-8-14)17(20)18-11-4-12-21/h1-3,5-10,21H,4,11-12H2,(H,18,20). The molecule has 21 heavy (non-hydrogen) atoms. The van der Waals surface area contributed by atoms with Crippen molar-refractivity contribution in [2.45, 2.75) is 6.42 Å². The Morgan fingerprint density at radius 2 is 1.43 bits per heavy atom. The van der Waals surface area contributed by atoms with Gasteiger partial charge in [-0.2, -0.15) is 12.6 Å². The average Bonchev–Trinajstić information content (AvgIpc) is 2.55. The van der Waals surface area contributed by atoms with Crippen LogP contribution in [0.5, 0.6) is 0 Å². The SMILES string of the molecule is O=C(NCCCS)c1ccc(C(=O)c2ccccc2)cc1. The lowest BCUT2D eigenvalue weighted by Crippen LogP contribution is -2.24. The number of amides is 1. The molecule has 0 radical (unpaired) electrons. The summed E-state index contributed by atoms with van der Waals surface area (Å²) in [5.41, 5.74) is 1.77. The maximum absolute atomic E-state index is 12.2. The Hall–Kier alpha value is -2.07. The predicted molar refractivity (Wildman–Crippen MR) is 87.1 cm³/mol. The summed E-state index contributed by atoms with van der Waals surface area (Å²) >= 11 is 4.09. The largest absolute Gasteiger partial charge is 0.352 e. The van der Waals surface area contributed by atoms with Gasteiger partial charge < -0.3 is 5.32 Å². The number of benzene rings is 2. The van der Waals surface area contributed by atoms with Gasteiger partial charge in [0.15, 0.2) is 5.78 Å². The second-order valence-electron chi connectivity index (χ2n) is 4.61. The molecule has 2 aromatic carbocycles. The van der Waals surface area contributed by atoms with Crippen LogP contribution in [0.15, 0.2) is 54.6 Å². The second kappa shape index (κ2) is 7.64. The minimum atomic E-state index is -0.129. The highest BCUT2D eigenvalue weighted by Gasteiger charge is 2.10. The molecular weight excluding hydrogens is 282 g/mol. The van der Waals surface area contributed by atoms with E-state index in [1.807, 2.05) is 18.2 Å². The van der Waals surface area contributed by atoms with E-state index in [0.29, 0.717) is 23.2 Å². The molecule has 0 atom stereocenters. The highest BCUT2D eigenvalue weighted by atomic mass is 32.1. The zero-order valence-electron chi connectivity index (χ0n) is 11.6. The monoisotopic (exact) mass is 299 g/mol. The number of carbonyl (C=O) groups excluding carboxylic acids is 2. The molecule has 108 valence electrons. The first kappa shape index (κ1) is 15.3. The smallest absolute Gasteiger partial charge is 0.251 e. The molecule has 1 N–H and O–H groups in total. The molecular formula is C17H17NO2S. The van der Waals surface area contributed by atoms with Crippen LogP contribution in [0, 0.1) is 0 Å². The van der Waals surface area contributed by atoms with Gasteiger partial charge in [-0.25, -0.2) is 0 Å². The van der Waals surface area contributed by atoms with Gasteiger partial charge in [0.2, 0.25) is 0 Å². The molecule has 0 heterocycles. The Balaban J connectivity index is 2.05. The maximum Gasteiger partial charge on any atom is 0.251 e. The summed E-state index contributed by atoms with van der Waals surface area (Å²) < 4.78 is 0. The maximum atomic E-state index is 12.2. The lowest BCUT2D eigenvalue weighted by atomic mass is 10.0. The molecule has 0 spiro atoms. The molecule has 0 saturated heterocycles. The van der Waals surface area contributed by atoms with Gasteiger partial charge in [-0.1, -0.05) is 42.5 Å². The van der Waals surface area contributed by atoms with Crippen LogP contribution in [0.1, 0.15) is 32.7 Å². The normalized spacial score (nSPS) is 10.1. The molecule has 0 saturated carbocycles. The average molecular weight is 299 g/mol. The number of thiol groups is 1. The summed E-state index contributed by atoms with van der Waals surface area (Å²) in [6.45, 7) is 0.604. The first-order valence-corrected chi connectivity index (χ1v) is 7.44. The molecule has 0 aromatic heterocycles. The molecule has 0 aliphatic rings. The van der Waals surface area contributed by atoms with Gasteiger partial charge in [0.05, 0.1) is 0 Å². The predicted octanol–water partition coefficient (Wildman–Crippen LogP) is 2.97. The van der Waals surface area contributed by atoms with Crippen molar-refractivity contribution in [3.8, 4) is 0 Å². The molecule has 0 fully saturated rings. The van der Waals surface area contributed by atoms with Crippen LogP contribution in [0.25, 0.3) is 0 Å². The lowest BCUT2D eigenvalue weighted by Gasteiger charge is -2.05. The molecule has 3 nitrogen and oxygen atoms in total. The fraction of sp³-hybridized carbons (Fsp3) is 0.176. The summed E-state index contributed by atoms with van der Waals surface area (Å²) in [7, 11) is 0. The van der Waals surface area contributed by atoms with Crippen LogP contribution >= 0.6 is 12.6 Å². The first-order valence-electron chi connectivity index (χ1n) is 6.81. The van der Waals surface area contributed by atoms with Gasteiger partial charge in [0, 0.05) is 23.2 Å². The fourth-order valence-electron chi connectivity index (χ4n) is 1.91. The number of hydrogen-bond acceptors (Lipinski definition) is 3. The Kier molecular flexibility index (Phi) is 5.58. The third-order valence-electron chi connectivity index (χ3n) is 3.07. The summed E-state index contributed by atoms with van der Waals surface area (Å²) in [4.78, 5) is 24.1. The van der Waals surface area contributed by atoms with Crippen LogP contribution in [-0.2, 0) is 0 Å². The van der Waals surface area contributed by atoms with Gasteiger partial charge in [-0.15, -0.1) is 0 Å². The first-order chi connectivity index (χ1) is 10.2. The minimum Gasteiger partial charge on any atom is -0.352 e. The quantitative estimate of drug-likeness (QED) is 0.489. The van der Waals surface area contributed by atoms with Gasteiger partial charge >= 0.3 is 0 Å². The number of ketones is 1. The molecule has 2 aromatic rings. The minimum absolute atomic E-state index is 0.0439. The van der Waals surface area contributed by atoms with Crippen LogP contribution in [-0.4, -0.2) is 24.0 Å². The van der Waals surface area contributed by atoms with Crippen molar-refractivity contribution in [2.24, 2.45) is 0 Å². The van der Waals surface area contributed by atoms with E-state index in [1.165, 1.54) is 0 Å². The lowest BCUT2D eigenvalue weighted by molar-refractivity contribution is 0.0952. The Bertz CT molecular complexity index is 608. The van der Waals surface area contributed by atoms with Gasteiger partial charge in [-0.3, -0.25) is 9.59 Å². The van der Waals surface area contributed by atoms with Gasteiger partial charge in [0.1, 0.15) is 0 Å². The van der Waals surface area contributed by atoms with Gasteiger partial charge in [-0.05, 0) is 24.3 Å². The third-order valence-corrected chi connectivity index (χ3v) is 3.38. The van der Waals surface area contributed by atoms with Crippen LogP contribution in [0.3, 0.4) is 0 Å². The van der Waals surface area contributed by atoms with Gasteiger partial charge in [0.25, 0.3) is 5.91 Å². The molecule has 0 unspecified atom stereocenters. The van der Waals surface area contributed by atoms with E-state index in [-0.39, 0.29) is 11.7 Å². The van der Waals surface area contributed by atoms with Crippen molar-refractivity contribution >= 4 is 24.3 Å². The van der Waals surface area contributed by atoms with E-state index in [0.717, 1.165) is 12.2 Å². The zero-order chi connectivity index (χ0) is 15.1. The molecule has 0 aliphatic carbocycles. The Morgan fingerprint density at radius 1 is 0.857 bits per heavy atom. The molecule has 0 aliphatic heterocycles. The highest BCUT2D eigenvalue weighted by Crippen LogP contribution is 2.11. The molecule has 1 amide bonds. The molecule has 0 bridgehead atoms. The zero-order valence-corrected chi connectivity index (χ0v) is 12.5.